The second kappa shape index (κ2) is 6.56. The van der Waals surface area contributed by atoms with Crippen LogP contribution >= 0.6 is 0 Å². The molecule has 3 heterocycles. The molecule has 21 heavy (non-hydrogen) atoms. The van der Waals surface area contributed by atoms with E-state index in [4.69, 9.17) is 4.98 Å². The summed E-state index contributed by atoms with van der Waals surface area (Å²) in [5.41, 5.74) is 2.27. The van der Waals surface area contributed by atoms with Crippen LogP contribution in [0.1, 0.15) is 38.9 Å². The van der Waals surface area contributed by atoms with Crippen molar-refractivity contribution in [3.05, 3.63) is 24.3 Å². The standard InChI is InChI=1S/C17H26N4/c1-3-9-21-16-6-8-19-12-15(16)20-17(21)10-13(2)14-5-4-7-18-11-14/h6,8,12-14,18H,3-5,7,9-11H2,1-2H3. The second-order valence-electron chi connectivity index (χ2n) is 6.33. The van der Waals surface area contributed by atoms with E-state index in [-0.39, 0.29) is 0 Å². The topological polar surface area (TPSA) is 42.7 Å². The number of rotatable bonds is 5. The summed E-state index contributed by atoms with van der Waals surface area (Å²) in [7, 11) is 0. The van der Waals surface area contributed by atoms with E-state index in [2.05, 4.69) is 34.8 Å². The predicted molar refractivity (Wildman–Crippen MR) is 86.3 cm³/mol. The van der Waals surface area contributed by atoms with E-state index in [9.17, 15) is 0 Å². The molecule has 1 fully saturated rings. The molecule has 0 saturated carbocycles. The minimum atomic E-state index is 0.679. The highest BCUT2D eigenvalue weighted by Gasteiger charge is 2.22. The maximum atomic E-state index is 4.85. The average molecular weight is 286 g/mol. The van der Waals surface area contributed by atoms with Gasteiger partial charge in [0.25, 0.3) is 0 Å². The molecule has 4 heteroatoms. The van der Waals surface area contributed by atoms with Crippen LogP contribution in [0.2, 0.25) is 0 Å². The van der Waals surface area contributed by atoms with Crippen LogP contribution in [0, 0.1) is 11.8 Å². The summed E-state index contributed by atoms with van der Waals surface area (Å²) in [6, 6.07) is 2.09. The summed E-state index contributed by atoms with van der Waals surface area (Å²) < 4.78 is 2.39. The number of aryl methyl sites for hydroxylation is 1. The van der Waals surface area contributed by atoms with Crippen molar-refractivity contribution in [1.82, 2.24) is 19.9 Å². The average Bonchev–Trinajstić information content (AvgIpc) is 2.86. The number of hydrogen-bond acceptors (Lipinski definition) is 3. The van der Waals surface area contributed by atoms with Crippen LogP contribution in [0.3, 0.4) is 0 Å². The van der Waals surface area contributed by atoms with E-state index < -0.39 is 0 Å². The van der Waals surface area contributed by atoms with Gasteiger partial charge in [0.2, 0.25) is 0 Å². The molecule has 1 N–H and O–H groups in total. The van der Waals surface area contributed by atoms with Crippen molar-refractivity contribution < 1.29 is 0 Å². The lowest BCUT2D eigenvalue weighted by atomic mass is 9.85. The molecule has 1 aliphatic heterocycles. The van der Waals surface area contributed by atoms with Gasteiger partial charge in [0.05, 0.1) is 11.7 Å². The van der Waals surface area contributed by atoms with Crippen molar-refractivity contribution in [2.45, 2.75) is 46.1 Å². The van der Waals surface area contributed by atoms with Crippen LogP contribution < -0.4 is 5.32 Å². The summed E-state index contributed by atoms with van der Waals surface area (Å²) in [5.74, 6) is 2.70. The maximum Gasteiger partial charge on any atom is 0.110 e. The van der Waals surface area contributed by atoms with Crippen molar-refractivity contribution in [3.8, 4) is 0 Å². The van der Waals surface area contributed by atoms with Gasteiger partial charge in [-0.05, 0) is 50.3 Å². The fraction of sp³-hybridized carbons (Fsp3) is 0.647. The first-order chi connectivity index (χ1) is 10.3. The third-order valence-corrected chi connectivity index (χ3v) is 4.72. The highest BCUT2D eigenvalue weighted by atomic mass is 15.1. The van der Waals surface area contributed by atoms with Gasteiger partial charge in [-0.15, -0.1) is 0 Å². The third-order valence-electron chi connectivity index (χ3n) is 4.72. The van der Waals surface area contributed by atoms with Crippen LogP contribution in [0.4, 0.5) is 0 Å². The molecule has 2 atom stereocenters. The van der Waals surface area contributed by atoms with E-state index in [1.165, 1.54) is 30.7 Å². The van der Waals surface area contributed by atoms with Crippen molar-refractivity contribution in [2.75, 3.05) is 13.1 Å². The molecule has 4 nitrogen and oxygen atoms in total. The largest absolute Gasteiger partial charge is 0.328 e. The third kappa shape index (κ3) is 3.10. The lowest BCUT2D eigenvalue weighted by Gasteiger charge is -2.28. The smallest absolute Gasteiger partial charge is 0.110 e. The molecular formula is C17H26N4. The lowest BCUT2D eigenvalue weighted by Crippen LogP contribution is -2.34. The Balaban J connectivity index is 1.83. The van der Waals surface area contributed by atoms with Gasteiger partial charge in [-0.1, -0.05) is 13.8 Å². The Bertz CT molecular complexity index is 583. The first kappa shape index (κ1) is 14.5. The molecule has 0 aromatic carbocycles. The Morgan fingerprint density at radius 3 is 3.14 bits per heavy atom. The molecule has 0 amide bonds. The van der Waals surface area contributed by atoms with Gasteiger partial charge in [0.15, 0.2) is 0 Å². The zero-order valence-electron chi connectivity index (χ0n) is 13.2. The maximum absolute atomic E-state index is 4.85. The Morgan fingerprint density at radius 1 is 1.48 bits per heavy atom. The van der Waals surface area contributed by atoms with Gasteiger partial charge in [-0.2, -0.15) is 0 Å². The molecule has 2 unspecified atom stereocenters. The number of nitrogens with zero attached hydrogens (tertiary/aromatic N) is 3. The molecule has 0 bridgehead atoms. The molecule has 1 aliphatic rings. The van der Waals surface area contributed by atoms with E-state index in [1.54, 1.807) is 0 Å². The van der Waals surface area contributed by atoms with Crippen molar-refractivity contribution in [2.24, 2.45) is 11.8 Å². The number of fused-ring (bicyclic) bond motifs is 1. The molecule has 3 rings (SSSR count). The predicted octanol–water partition coefficient (Wildman–Crippen LogP) is 3.02. The molecular weight excluding hydrogens is 260 g/mol. The minimum Gasteiger partial charge on any atom is -0.328 e. The van der Waals surface area contributed by atoms with Crippen LogP contribution in [0.25, 0.3) is 11.0 Å². The molecule has 2 aromatic heterocycles. The summed E-state index contributed by atoms with van der Waals surface area (Å²) in [6.45, 7) is 8.00. The Hall–Kier alpha value is -1.42. The van der Waals surface area contributed by atoms with Crippen LogP contribution in [0.5, 0.6) is 0 Å². The van der Waals surface area contributed by atoms with Crippen LogP contribution in [-0.2, 0) is 13.0 Å². The number of piperidine rings is 1. The lowest BCUT2D eigenvalue weighted by molar-refractivity contribution is 0.274. The van der Waals surface area contributed by atoms with Crippen molar-refractivity contribution >= 4 is 11.0 Å². The summed E-state index contributed by atoms with van der Waals surface area (Å²) in [5, 5.41) is 3.53. The Morgan fingerprint density at radius 2 is 2.38 bits per heavy atom. The van der Waals surface area contributed by atoms with E-state index in [0.29, 0.717) is 5.92 Å². The molecule has 0 aliphatic carbocycles. The quantitative estimate of drug-likeness (QED) is 0.918. The molecule has 1 saturated heterocycles. The molecule has 2 aromatic rings. The molecule has 114 valence electrons. The van der Waals surface area contributed by atoms with Gasteiger partial charge < -0.3 is 9.88 Å². The highest BCUT2D eigenvalue weighted by molar-refractivity contribution is 5.74. The van der Waals surface area contributed by atoms with E-state index >= 15 is 0 Å². The first-order valence-corrected chi connectivity index (χ1v) is 8.29. The second-order valence-corrected chi connectivity index (χ2v) is 6.33. The molecule has 0 radical (unpaired) electrons. The van der Waals surface area contributed by atoms with Crippen molar-refractivity contribution in [3.63, 3.8) is 0 Å². The number of nitrogens with one attached hydrogen (secondary N) is 1. The van der Waals surface area contributed by atoms with Gasteiger partial charge in [0, 0.05) is 19.2 Å². The van der Waals surface area contributed by atoms with Crippen LogP contribution in [0.15, 0.2) is 18.5 Å². The van der Waals surface area contributed by atoms with Gasteiger partial charge >= 0.3 is 0 Å². The fourth-order valence-corrected chi connectivity index (χ4v) is 3.48. The fourth-order valence-electron chi connectivity index (χ4n) is 3.48. The number of imidazole rings is 1. The minimum absolute atomic E-state index is 0.679. The SMILES string of the molecule is CCCn1c(CC(C)C2CCCNC2)nc2cnccc21. The number of pyridine rings is 1. The summed E-state index contributed by atoms with van der Waals surface area (Å²) in [6.07, 6.45) is 8.63. The van der Waals surface area contributed by atoms with Gasteiger partial charge in [-0.25, -0.2) is 4.98 Å². The highest BCUT2D eigenvalue weighted by Crippen LogP contribution is 2.25. The zero-order valence-corrected chi connectivity index (χ0v) is 13.2. The Kier molecular flexibility index (Phi) is 4.54. The van der Waals surface area contributed by atoms with Gasteiger partial charge in [-0.3, -0.25) is 4.98 Å². The normalized spacial score (nSPS) is 20.8. The van der Waals surface area contributed by atoms with Crippen molar-refractivity contribution in [1.29, 1.82) is 0 Å². The number of aromatic nitrogens is 3. The van der Waals surface area contributed by atoms with E-state index in [1.807, 2.05) is 12.4 Å². The van der Waals surface area contributed by atoms with Crippen LogP contribution in [-0.4, -0.2) is 27.6 Å². The van der Waals surface area contributed by atoms with E-state index in [0.717, 1.165) is 37.4 Å². The van der Waals surface area contributed by atoms with Gasteiger partial charge in [0.1, 0.15) is 11.3 Å². The monoisotopic (exact) mass is 286 g/mol. The number of hydrogen-bond donors (Lipinski definition) is 1. The summed E-state index contributed by atoms with van der Waals surface area (Å²) in [4.78, 5) is 9.06. The summed E-state index contributed by atoms with van der Waals surface area (Å²) >= 11 is 0. The first-order valence-electron chi connectivity index (χ1n) is 8.29. The molecule has 0 spiro atoms. The Labute approximate surface area is 127 Å². The zero-order chi connectivity index (χ0) is 14.7.